The predicted molar refractivity (Wildman–Crippen MR) is 81.0 cm³/mol. The molecule has 3 unspecified atom stereocenters. The Morgan fingerprint density at radius 2 is 1.84 bits per heavy atom. The lowest BCUT2D eigenvalue weighted by molar-refractivity contribution is -0.132. The van der Waals surface area contributed by atoms with Gasteiger partial charge in [-0.25, -0.2) is 0 Å². The zero-order valence-corrected chi connectivity index (χ0v) is 13.2. The second-order valence-corrected chi connectivity index (χ2v) is 5.76. The fourth-order valence-electron chi connectivity index (χ4n) is 3.16. The molecule has 3 nitrogen and oxygen atoms in total. The molecule has 1 aliphatic rings. The molecular weight excluding hydrogens is 236 g/mol. The first kappa shape index (κ1) is 16.5. The van der Waals surface area contributed by atoms with Crippen molar-refractivity contribution in [2.24, 2.45) is 0 Å². The van der Waals surface area contributed by atoms with Gasteiger partial charge in [-0.1, -0.05) is 53.4 Å². The van der Waals surface area contributed by atoms with Gasteiger partial charge in [-0.05, 0) is 25.7 Å². The summed E-state index contributed by atoms with van der Waals surface area (Å²) >= 11 is 0. The van der Waals surface area contributed by atoms with E-state index in [0.29, 0.717) is 11.9 Å². The number of carbonyl (C=O) groups excluding carboxylic acids is 1. The molecule has 0 aromatic carbocycles. The highest BCUT2D eigenvalue weighted by atomic mass is 16.2. The monoisotopic (exact) mass is 268 g/mol. The number of hydrogen-bond donors (Lipinski definition) is 1. The van der Waals surface area contributed by atoms with Crippen molar-refractivity contribution in [3.63, 3.8) is 0 Å². The van der Waals surface area contributed by atoms with Crippen LogP contribution in [0, 0.1) is 0 Å². The molecule has 0 aromatic rings. The normalized spacial score (nSPS) is 25.1. The molecule has 1 saturated heterocycles. The maximum absolute atomic E-state index is 12.6. The van der Waals surface area contributed by atoms with Crippen LogP contribution >= 0.6 is 0 Å². The molecule has 1 fully saturated rings. The fourth-order valence-corrected chi connectivity index (χ4v) is 3.16. The van der Waals surface area contributed by atoms with Gasteiger partial charge < -0.3 is 4.90 Å². The van der Waals surface area contributed by atoms with Gasteiger partial charge in [0.15, 0.2) is 0 Å². The summed E-state index contributed by atoms with van der Waals surface area (Å²) < 4.78 is 0. The van der Waals surface area contributed by atoms with Crippen molar-refractivity contribution in [3.8, 4) is 0 Å². The third-order valence-corrected chi connectivity index (χ3v) is 4.15. The molecule has 1 heterocycles. The molecular formula is C16H32N2O. The summed E-state index contributed by atoms with van der Waals surface area (Å²) in [6.45, 7) is 8.77. The van der Waals surface area contributed by atoms with Crippen molar-refractivity contribution in [2.75, 3.05) is 0 Å². The second-order valence-electron chi connectivity index (χ2n) is 5.76. The van der Waals surface area contributed by atoms with Crippen LogP contribution in [-0.2, 0) is 4.79 Å². The zero-order chi connectivity index (χ0) is 14.3. The smallest absolute Gasteiger partial charge is 0.241 e. The van der Waals surface area contributed by atoms with Crippen LogP contribution in [0.5, 0.6) is 0 Å². The SMILES string of the molecule is CCCCC(CCC)N1C(=O)C(CCC)NC1CC. The standard InChI is InChI=1S/C16H32N2O/c1-5-9-12-13(10-6-2)18-15(8-4)17-14(11-7-3)16(18)19/h13-15,17H,5-12H2,1-4H3. The second kappa shape index (κ2) is 8.57. The first-order chi connectivity index (χ1) is 9.19. The third-order valence-electron chi connectivity index (χ3n) is 4.15. The Balaban J connectivity index is 2.76. The van der Waals surface area contributed by atoms with Crippen molar-refractivity contribution in [1.29, 1.82) is 0 Å². The van der Waals surface area contributed by atoms with Gasteiger partial charge in [0.2, 0.25) is 5.91 Å². The quantitative estimate of drug-likeness (QED) is 0.692. The summed E-state index contributed by atoms with van der Waals surface area (Å²) in [5.41, 5.74) is 0. The van der Waals surface area contributed by atoms with Gasteiger partial charge in [-0.15, -0.1) is 0 Å². The van der Waals surface area contributed by atoms with E-state index in [1.807, 2.05) is 0 Å². The van der Waals surface area contributed by atoms with Gasteiger partial charge in [0.1, 0.15) is 0 Å². The molecule has 0 saturated carbocycles. The highest BCUT2D eigenvalue weighted by Crippen LogP contribution is 2.25. The van der Waals surface area contributed by atoms with Crippen molar-refractivity contribution < 1.29 is 4.79 Å². The summed E-state index contributed by atoms with van der Waals surface area (Å²) in [6, 6.07) is 0.507. The predicted octanol–water partition coefficient (Wildman–Crippen LogP) is 3.68. The van der Waals surface area contributed by atoms with Crippen LogP contribution in [0.3, 0.4) is 0 Å². The molecule has 3 heteroatoms. The van der Waals surface area contributed by atoms with E-state index in [0.717, 1.165) is 38.5 Å². The Morgan fingerprint density at radius 1 is 1.11 bits per heavy atom. The zero-order valence-electron chi connectivity index (χ0n) is 13.2. The van der Waals surface area contributed by atoms with Gasteiger partial charge in [0.25, 0.3) is 0 Å². The maximum Gasteiger partial charge on any atom is 0.241 e. The van der Waals surface area contributed by atoms with Gasteiger partial charge in [0.05, 0.1) is 12.2 Å². The van der Waals surface area contributed by atoms with E-state index in [9.17, 15) is 4.79 Å². The summed E-state index contributed by atoms with van der Waals surface area (Å²) in [7, 11) is 0. The molecule has 0 bridgehead atoms. The van der Waals surface area contributed by atoms with Crippen LogP contribution in [0.1, 0.15) is 79.1 Å². The van der Waals surface area contributed by atoms with Crippen LogP contribution in [0.2, 0.25) is 0 Å². The van der Waals surface area contributed by atoms with Crippen molar-refractivity contribution in [1.82, 2.24) is 10.2 Å². The Bertz CT molecular complexity index is 267. The van der Waals surface area contributed by atoms with Crippen LogP contribution in [0.15, 0.2) is 0 Å². The van der Waals surface area contributed by atoms with Gasteiger partial charge in [-0.3, -0.25) is 10.1 Å². The molecule has 112 valence electrons. The first-order valence-electron chi connectivity index (χ1n) is 8.27. The molecule has 0 radical (unpaired) electrons. The molecule has 1 aliphatic heterocycles. The summed E-state index contributed by atoms with van der Waals surface area (Å²) in [4.78, 5) is 14.8. The minimum Gasteiger partial charge on any atom is -0.323 e. The van der Waals surface area contributed by atoms with E-state index in [2.05, 4.69) is 37.9 Å². The maximum atomic E-state index is 12.6. The molecule has 19 heavy (non-hydrogen) atoms. The largest absolute Gasteiger partial charge is 0.323 e. The summed E-state index contributed by atoms with van der Waals surface area (Å²) in [6.07, 6.45) is 9.21. The number of nitrogens with one attached hydrogen (secondary N) is 1. The lowest BCUT2D eigenvalue weighted by atomic mass is 10.0. The highest BCUT2D eigenvalue weighted by Gasteiger charge is 2.40. The molecule has 0 aliphatic carbocycles. The average Bonchev–Trinajstić information content (AvgIpc) is 2.72. The molecule has 0 aromatic heterocycles. The Labute approximate surface area is 119 Å². The van der Waals surface area contributed by atoms with E-state index in [1.54, 1.807) is 0 Å². The number of nitrogens with zero attached hydrogens (tertiary/aromatic N) is 1. The highest BCUT2D eigenvalue weighted by molar-refractivity contribution is 5.84. The number of hydrogen-bond acceptors (Lipinski definition) is 2. The van der Waals surface area contributed by atoms with Crippen molar-refractivity contribution in [2.45, 2.75) is 97.3 Å². The molecule has 1 rings (SSSR count). The lowest BCUT2D eigenvalue weighted by Gasteiger charge is -2.32. The molecule has 1 amide bonds. The number of amides is 1. The van der Waals surface area contributed by atoms with E-state index < -0.39 is 0 Å². The lowest BCUT2D eigenvalue weighted by Crippen LogP contribution is -2.44. The first-order valence-corrected chi connectivity index (χ1v) is 8.27. The van der Waals surface area contributed by atoms with Crippen LogP contribution in [0.25, 0.3) is 0 Å². The van der Waals surface area contributed by atoms with Gasteiger partial charge in [0, 0.05) is 6.04 Å². The molecule has 0 spiro atoms. The Hall–Kier alpha value is -0.570. The van der Waals surface area contributed by atoms with E-state index in [4.69, 9.17) is 0 Å². The van der Waals surface area contributed by atoms with E-state index in [-0.39, 0.29) is 12.2 Å². The van der Waals surface area contributed by atoms with Gasteiger partial charge in [-0.2, -0.15) is 0 Å². The van der Waals surface area contributed by atoms with Crippen molar-refractivity contribution >= 4 is 5.91 Å². The third kappa shape index (κ3) is 4.20. The summed E-state index contributed by atoms with van der Waals surface area (Å²) in [5.74, 6) is 0.350. The Morgan fingerprint density at radius 3 is 2.37 bits per heavy atom. The van der Waals surface area contributed by atoms with Crippen LogP contribution in [0.4, 0.5) is 0 Å². The van der Waals surface area contributed by atoms with E-state index >= 15 is 0 Å². The minimum atomic E-state index is 0.0657. The van der Waals surface area contributed by atoms with Crippen molar-refractivity contribution in [3.05, 3.63) is 0 Å². The molecule has 1 N–H and O–H groups in total. The van der Waals surface area contributed by atoms with Crippen LogP contribution in [-0.4, -0.2) is 29.1 Å². The van der Waals surface area contributed by atoms with Crippen LogP contribution < -0.4 is 5.32 Å². The fraction of sp³-hybridized carbons (Fsp3) is 0.938. The molecule has 3 atom stereocenters. The number of rotatable bonds is 9. The number of carbonyl (C=O) groups is 1. The Kier molecular flexibility index (Phi) is 7.44. The average molecular weight is 268 g/mol. The topological polar surface area (TPSA) is 32.3 Å². The minimum absolute atomic E-state index is 0.0657. The summed E-state index contributed by atoms with van der Waals surface area (Å²) in [5, 5.41) is 3.53. The van der Waals surface area contributed by atoms with Gasteiger partial charge >= 0.3 is 0 Å². The van der Waals surface area contributed by atoms with E-state index in [1.165, 1.54) is 12.8 Å². The number of unbranched alkanes of at least 4 members (excludes halogenated alkanes) is 1.